The normalized spacial score (nSPS) is 19.2. The predicted molar refractivity (Wildman–Crippen MR) is 133 cm³/mol. The van der Waals surface area contributed by atoms with Crippen molar-refractivity contribution in [2.75, 3.05) is 37.3 Å². The van der Waals surface area contributed by atoms with E-state index in [9.17, 15) is 26.0 Å². The van der Waals surface area contributed by atoms with Gasteiger partial charge in [0, 0.05) is 32.4 Å². The Kier molecular flexibility index (Phi) is 6.48. The Balaban J connectivity index is 1.31. The van der Waals surface area contributed by atoms with E-state index < -0.39 is 30.7 Å². The van der Waals surface area contributed by atoms with Gasteiger partial charge in [0.2, 0.25) is 0 Å². The topological polar surface area (TPSA) is 101 Å². The fourth-order valence-electron chi connectivity index (χ4n) is 4.49. The van der Waals surface area contributed by atoms with Crippen LogP contribution in [-0.2, 0) is 19.7 Å². The first-order valence-electron chi connectivity index (χ1n) is 12.1. The van der Waals surface area contributed by atoms with Crippen LogP contribution in [0.2, 0.25) is 0 Å². The molecule has 0 atom stereocenters. The van der Waals surface area contributed by atoms with E-state index in [1.807, 2.05) is 0 Å². The number of carbonyl (C=O) groups excluding carboxylic acids is 1. The number of hydrogen-bond acceptors (Lipinski definition) is 7. The van der Waals surface area contributed by atoms with Crippen molar-refractivity contribution < 1.29 is 30.8 Å². The van der Waals surface area contributed by atoms with Crippen molar-refractivity contribution in [3.8, 4) is 5.75 Å². The van der Waals surface area contributed by atoms with Gasteiger partial charge in [-0.05, 0) is 68.5 Å². The number of nitrogens with zero attached hydrogens (tertiary/aromatic N) is 2. The molecule has 0 bridgehead atoms. The zero-order valence-electron chi connectivity index (χ0n) is 20.0. The molecule has 2 aliphatic carbocycles. The summed E-state index contributed by atoms with van der Waals surface area (Å²) in [7, 11) is -6.99. The standard InChI is InChI=1S/C25H29FN2O6S2/c1-35(30,31)19-8-10-24(34-17-3-2-4-17)21(15-19)25(29)28-13-11-27(12-14-28)23-9-7-20(16-22(23)26)36(32,33)18-5-6-18/h7-10,15-18H,2-6,11-14H2,1H3. The highest BCUT2D eigenvalue weighted by Crippen LogP contribution is 2.35. The van der Waals surface area contributed by atoms with E-state index in [0.717, 1.165) is 31.6 Å². The lowest BCUT2D eigenvalue weighted by molar-refractivity contribution is 0.0728. The summed E-state index contributed by atoms with van der Waals surface area (Å²) in [4.78, 5) is 16.9. The van der Waals surface area contributed by atoms with Crippen molar-refractivity contribution in [1.29, 1.82) is 0 Å². The molecule has 3 fully saturated rings. The van der Waals surface area contributed by atoms with Crippen molar-refractivity contribution >= 4 is 31.3 Å². The zero-order valence-corrected chi connectivity index (χ0v) is 21.7. The molecule has 0 N–H and O–H groups in total. The van der Waals surface area contributed by atoms with Gasteiger partial charge in [-0.1, -0.05) is 0 Å². The molecule has 1 saturated heterocycles. The largest absolute Gasteiger partial charge is 0.490 e. The second-order valence-corrected chi connectivity index (χ2v) is 14.0. The van der Waals surface area contributed by atoms with Crippen LogP contribution in [0, 0.1) is 5.82 Å². The minimum Gasteiger partial charge on any atom is -0.490 e. The van der Waals surface area contributed by atoms with Gasteiger partial charge < -0.3 is 14.5 Å². The fraction of sp³-hybridized carbons (Fsp3) is 0.480. The van der Waals surface area contributed by atoms with Crippen LogP contribution in [0.4, 0.5) is 10.1 Å². The van der Waals surface area contributed by atoms with Crippen molar-refractivity contribution in [2.24, 2.45) is 0 Å². The van der Waals surface area contributed by atoms with Crippen LogP contribution in [0.5, 0.6) is 5.75 Å². The molecule has 1 heterocycles. The Morgan fingerprint density at radius 1 is 0.917 bits per heavy atom. The summed E-state index contributed by atoms with van der Waals surface area (Å²) in [5.74, 6) is -0.563. The molecule has 0 radical (unpaired) electrons. The van der Waals surface area contributed by atoms with Gasteiger partial charge in [0.05, 0.1) is 32.4 Å². The SMILES string of the molecule is CS(=O)(=O)c1ccc(OC2CCC2)c(C(=O)N2CCN(c3ccc(S(=O)(=O)C4CC4)cc3F)CC2)c1. The summed E-state index contributed by atoms with van der Waals surface area (Å²) in [6.45, 7) is 1.29. The van der Waals surface area contributed by atoms with E-state index in [1.54, 1.807) is 15.9 Å². The lowest BCUT2D eigenvalue weighted by atomic mass is 9.96. The number of piperazine rings is 1. The van der Waals surface area contributed by atoms with E-state index in [1.165, 1.54) is 24.3 Å². The highest BCUT2D eigenvalue weighted by molar-refractivity contribution is 7.92. The van der Waals surface area contributed by atoms with Crippen LogP contribution >= 0.6 is 0 Å². The lowest BCUT2D eigenvalue weighted by Crippen LogP contribution is -2.49. The number of carbonyl (C=O) groups is 1. The Morgan fingerprint density at radius 3 is 2.14 bits per heavy atom. The molecule has 8 nitrogen and oxygen atoms in total. The number of sulfone groups is 2. The molecule has 1 aliphatic heterocycles. The number of rotatable bonds is 7. The van der Waals surface area contributed by atoms with E-state index in [2.05, 4.69) is 0 Å². The first-order chi connectivity index (χ1) is 17.0. The van der Waals surface area contributed by atoms with E-state index in [4.69, 9.17) is 4.74 Å². The molecule has 0 unspecified atom stereocenters. The van der Waals surface area contributed by atoms with Gasteiger partial charge in [-0.3, -0.25) is 4.79 Å². The summed E-state index contributed by atoms with van der Waals surface area (Å²) in [5.41, 5.74) is 0.504. The smallest absolute Gasteiger partial charge is 0.257 e. The highest BCUT2D eigenvalue weighted by Gasteiger charge is 2.37. The van der Waals surface area contributed by atoms with Crippen LogP contribution in [0.3, 0.4) is 0 Å². The number of halogens is 1. The monoisotopic (exact) mass is 536 g/mol. The van der Waals surface area contributed by atoms with Crippen LogP contribution in [0.25, 0.3) is 0 Å². The maximum absolute atomic E-state index is 14.9. The second-order valence-electron chi connectivity index (χ2n) is 9.74. The second kappa shape index (κ2) is 9.33. The van der Waals surface area contributed by atoms with Crippen molar-refractivity contribution in [3.63, 3.8) is 0 Å². The minimum absolute atomic E-state index is 0.00446. The maximum atomic E-state index is 14.9. The van der Waals surface area contributed by atoms with Gasteiger partial charge in [-0.2, -0.15) is 0 Å². The number of amides is 1. The highest BCUT2D eigenvalue weighted by atomic mass is 32.2. The quantitative estimate of drug-likeness (QED) is 0.536. The summed E-state index contributed by atoms with van der Waals surface area (Å²) in [5, 5.41) is -0.406. The molecule has 2 aromatic carbocycles. The van der Waals surface area contributed by atoms with Gasteiger partial charge >= 0.3 is 0 Å². The van der Waals surface area contributed by atoms with Crippen molar-refractivity contribution in [1.82, 2.24) is 4.90 Å². The summed E-state index contributed by atoms with van der Waals surface area (Å²) in [6, 6.07) is 8.39. The molecule has 0 aromatic heterocycles. The van der Waals surface area contributed by atoms with Crippen molar-refractivity contribution in [2.45, 2.75) is 53.2 Å². The third kappa shape index (κ3) is 4.95. The molecule has 2 aromatic rings. The van der Waals surface area contributed by atoms with Crippen LogP contribution < -0.4 is 9.64 Å². The Labute approximate surface area is 210 Å². The maximum Gasteiger partial charge on any atom is 0.257 e. The van der Waals surface area contributed by atoms with Crippen molar-refractivity contribution in [3.05, 3.63) is 47.8 Å². The Bertz CT molecular complexity index is 1390. The third-order valence-corrected chi connectivity index (χ3v) is 10.4. The summed E-state index contributed by atoms with van der Waals surface area (Å²) < 4.78 is 69.9. The molecular formula is C25H29FN2O6S2. The van der Waals surface area contributed by atoms with Gasteiger partial charge in [-0.15, -0.1) is 0 Å². The fourth-order valence-corrected chi connectivity index (χ4v) is 6.80. The van der Waals surface area contributed by atoms with Gasteiger partial charge in [0.25, 0.3) is 5.91 Å². The summed E-state index contributed by atoms with van der Waals surface area (Å²) >= 11 is 0. The molecule has 0 spiro atoms. The molecule has 3 aliphatic rings. The molecule has 11 heteroatoms. The Hall–Kier alpha value is -2.66. The predicted octanol–water partition coefficient (Wildman–Crippen LogP) is 3.06. The van der Waals surface area contributed by atoms with Gasteiger partial charge in [-0.25, -0.2) is 21.2 Å². The first kappa shape index (κ1) is 25.0. The van der Waals surface area contributed by atoms with E-state index >= 15 is 0 Å². The summed E-state index contributed by atoms with van der Waals surface area (Å²) in [6.07, 6.45) is 5.19. The Morgan fingerprint density at radius 2 is 1.58 bits per heavy atom. The van der Waals surface area contributed by atoms with Crippen LogP contribution in [-0.4, -0.2) is 71.4 Å². The zero-order chi connectivity index (χ0) is 25.7. The average Bonchev–Trinajstić information content (AvgIpc) is 3.67. The molecular weight excluding hydrogens is 507 g/mol. The molecule has 36 heavy (non-hydrogen) atoms. The first-order valence-corrected chi connectivity index (χ1v) is 15.6. The average molecular weight is 537 g/mol. The minimum atomic E-state index is -3.51. The molecule has 2 saturated carbocycles. The van der Waals surface area contributed by atoms with E-state index in [-0.39, 0.29) is 27.4 Å². The number of anilines is 1. The number of hydrogen-bond donors (Lipinski definition) is 0. The van der Waals surface area contributed by atoms with Gasteiger partial charge in [0.1, 0.15) is 11.6 Å². The van der Waals surface area contributed by atoms with E-state index in [0.29, 0.717) is 50.5 Å². The van der Waals surface area contributed by atoms with Crippen LogP contribution in [0.1, 0.15) is 42.5 Å². The molecule has 194 valence electrons. The number of benzene rings is 2. The lowest BCUT2D eigenvalue weighted by Gasteiger charge is -2.36. The van der Waals surface area contributed by atoms with Gasteiger partial charge in [0.15, 0.2) is 19.7 Å². The number of ether oxygens (including phenoxy) is 1. The molecule has 1 amide bonds. The molecule has 5 rings (SSSR count). The third-order valence-electron chi connectivity index (χ3n) is 7.07. The van der Waals surface area contributed by atoms with Crippen LogP contribution in [0.15, 0.2) is 46.2 Å².